The number of ether oxygens (including phenoxy) is 1. The van der Waals surface area contributed by atoms with E-state index in [-0.39, 0.29) is 28.0 Å². The van der Waals surface area contributed by atoms with Gasteiger partial charge in [-0.25, -0.2) is 0 Å². The van der Waals surface area contributed by atoms with Crippen LogP contribution in [0.5, 0.6) is 0 Å². The minimum Gasteiger partial charge on any atom is -0.504 e. The third-order valence-electron chi connectivity index (χ3n) is 8.54. The van der Waals surface area contributed by atoms with E-state index in [9.17, 15) is 14.7 Å². The first-order chi connectivity index (χ1) is 18.5. The van der Waals surface area contributed by atoms with Crippen LogP contribution in [0.3, 0.4) is 0 Å². The molecule has 1 aliphatic rings. The summed E-state index contributed by atoms with van der Waals surface area (Å²) in [5.41, 5.74) is 2.55. The highest BCUT2D eigenvalue weighted by Crippen LogP contribution is 2.42. The van der Waals surface area contributed by atoms with Gasteiger partial charge in [-0.05, 0) is 52.7 Å². The Morgan fingerprint density at radius 3 is 1.59 bits per heavy atom. The predicted octanol–water partition coefficient (Wildman–Crippen LogP) is 7.36. The third kappa shape index (κ3) is 3.92. The summed E-state index contributed by atoms with van der Waals surface area (Å²) in [4.78, 5) is 28.1. The van der Waals surface area contributed by atoms with Crippen LogP contribution in [0, 0.1) is 0 Å². The summed E-state index contributed by atoms with van der Waals surface area (Å²) < 4.78 is 9.91. The predicted molar refractivity (Wildman–Crippen MR) is 157 cm³/mol. The van der Waals surface area contributed by atoms with Crippen molar-refractivity contribution in [2.75, 3.05) is 7.11 Å². The first kappa shape index (κ1) is 26.5. The van der Waals surface area contributed by atoms with Crippen LogP contribution >= 0.6 is 0 Å². The molecule has 0 unspecified atom stereocenters. The Bertz CT molecular complexity index is 1710. The average Bonchev–Trinajstić information content (AvgIpc) is 3.51. The molecular formula is C33H36N2O4. The van der Waals surface area contributed by atoms with Gasteiger partial charge in [-0.15, -0.1) is 0 Å². The van der Waals surface area contributed by atoms with Crippen LogP contribution < -0.4 is 0 Å². The molecule has 202 valence electrons. The maximum Gasteiger partial charge on any atom is 0.232 e. The second-order valence-corrected chi connectivity index (χ2v) is 11.5. The van der Waals surface area contributed by atoms with E-state index in [0.29, 0.717) is 11.1 Å². The van der Waals surface area contributed by atoms with Crippen molar-refractivity contribution in [1.29, 1.82) is 0 Å². The lowest BCUT2D eigenvalue weighted by Gasteiger charge is -2.26. The molecule has 2 aromatic carbocycles. The van der Waals surface area contributed by atoms with E-state index in [1.807, 2.05) is 60.9 Å². The average molecular weight is 525 g/mol. The molecule has 2 heterocycles. The van der Waals surface area contributed by atoms with E-state index >= 15 is 0 Å². The first-order valence-electron chi connectivity index (χ1n) is 13.5. The summed E-state index contributed by atoms with van der Waals surface area (Å²) in [6, 6.07) is 15.5. The number of para-hydroxylation sites is 2. The highest BCUT2D eigenvalue weighted by Gasteiger charge is 2.40. The zero-order valence-corrected chi connectivity index (χ0v) is 23.8. The number of aliphatic hydroxyl groups is 1. The van der Waals surface area contributed by atoms with E-state index in [2.05, 4.69) is 50.7 Å². The molecule has 6 nitrogen and oxygen atoms in total. The molecule has 0 bridgehead atoms. The number of methoxy groups -OCH3 is 1. The zero-order chi connectivity index (χ0) is 28.3. The second-order valence-electron chi connectivity index (χ2n) is 11.5. The quantitative estimate of drug-likeness (QED) is 0.256. The summed E-state index contributed by atoms with van der Waals surface area (Å²) in [6.07, 6.45) is 5.50. The Morgan fingerprint density at radius 1 is 0.718 bits per heavy atom. The van der Waals surface area contributed by atoms with Crippen molar-refractivity contribution in [2.24, 2.45) is 0 Å². The standard InChI is InChI=1S/C33H36N2O4/c1-8-32(3,4)34-18-22(20-14-10-12-16-24(20)34)26-28(36)29(37)27(31(39-7)30(26)38)23-19-35(33(5,6)9-2)25-17-13-11-15-21(23)25/h10-19,36H,8-9H2,1-7H3. The smallest absolute Gasteiger partial charge is 0.232 e. The number of carbonyl (C=O) groups excluding carboxylic acids is 2. The van der Waals surface area contributed by atoms with Gasteiger partial charge in [0.25, 0.3) is 0 Å². The molecule has 0 radical (unpaired) electrons. The molecule has 0 amide bonds. The van der Waals surface area contributed by atoms with E-state index in [4.69, 9.17) is 4.74 Å². The minimum absolute atomic E-state index is 0.0277. The van der Waals surface area contributed by atoms with E-state index in [1.165, 1.54) is 7.11 Å². The Kier molecular flexibility index (Phi) is 6.33. The van der Waals surface area contributed by atoms with Gasteiger partial charge in [-0.2, -0.15) is 0 Å². The lowest BCUT2D eigenvalue weighted by atomic mass is 9.86. The van der Waals surface area contributed by atoms with E-state index in [1.54, 1.807) is 0 Å². The number of carbonyl (C=O) groups is 2. The maximum absolute atomic E-state index is 14.1. The van der Waals surface area contributed by atoms with Crippen molar-refractivity contribution < 1.29 is 19.4 Å². The number of hydrogen-bond acceptors (Lipinski definition) is 4. The van der Waals surface area contributed by atoms with E-state index < -0.39 is 17.3 Å². The molecule has 0 saturated heterocycles. The van der Waals surface area contributed by atoms with Gasteiger partial charge in [-0.3, -0.25) is 9.59 Å². The number of allylic oxidation sites excluding steroid dienone is 2. The minimum atomic E-state index is -0.620. The van der Waals surface area contributed by atoms with Crippen LogP contribution in [-0.2, 0) is 25.4 Å². The Hall–Kier alpha value is -4.06. The fourth-order valence-corrected chi connectivity index (χ4v) is 5.46. The molecule has 5 rings (SSSR count). The molecule has 6 heteroatoms. The normalized spacial score (nSPS) is 15.3. The highest BCUT2D eigenvalue weighted by molar-refractivity contribution is 6.48. The van der Waals surface area contributed by atoms with Gasteiger partial charge in [0, 0.05) is 56.4 Å². The molecular weight excluding hydrogens is 488 g/mol. The number of aromatic nitrogens is 2. The fourth-order valence-electron chi connectivity index (χ4n) is 5.46. The monoisotopic (exact) mass is 524 g/mol. The summed E-state index contributed by atoms with van der Waals surface area (Å²) in [6.45, 7) is 12.7. The molecule has 0 aliphatic heterocycles. The topological polar surface area (TPSA) is 73.5 Å². The molecule has 2 aromatic heterocycles. The van der Waals surface area contributed by atoms with Crippen molar-refractivity contribution in [3.05, 3.63) is 83.6 Å². The van der Waals surface area contributed by atoms with Crippen LogP contribution in [0.25, 0.3) is 33.0 Å². The molecule has 39 heavy (non-hydrogen) atoms. The number of Topliss-reactive ketones (excluding diaryl/α,β-unsaturated/α-hetero) is 2. The van der Waals surface area contributed by atoms with Crippen LogP contribution in [0.1, 0.15) is 65.5 Å². The largest absolute Gasteiger partial charge is 0.504 e. The molecule has 0 atom stereocenters. The number of nitrogens with zero attached hydrogens (tertiary/aromatic N) is 2. The Morgan fingerprint density at radius 2 is 1.15 bits per heavy atom. The lowest BCUT2D eigenvalue weighted by Crippen LogP contribution is -2.25. The second kappa shape index (κ2) is 9.30. The van der Waals surface area contributed by atoms with Crippen molar-refractivity contribution in [3.63, 3.8) is 0 Å². The van der Waals surface area contributed by atoms with Crippen LogP contribution in [0.2, 0.25) is 0 Å². The van der Waals surface area contributed by atoms with Crippen molar-refractivity contribution in [3.8, 4) is 0 Å². The number of benzene rings is 2. The SMILES string of the molecule is CCC(C)(C)n1cc(C2=C(O)C(=O)C(c3cn(C(C)(C)CC)c4ccccc34)=C(OC)C2=O)c2ccccc21. The van der Waals surface area contributed by atoms with Gasteiger partial charge in [0.15, 0.2) is 11.5 Å². The molecule has 0 saturated carbocycles. The maximum atomic E-state index is 14.1. The summed E-state index contributed by atoms with van der Waals surface area (Å²) in [5, 5.41) is 13.0. The highest BCUT2D eigenvalue weighted by atomic mass is 16.5. The Balaban J connectivity index is 1.76. The third-order valence-corrected chi connectivity index (χ3v) is 8.54. The van der Waals surface area contributed by atoms with Crippen molar-refractivity contribution in [2.45, 2.75) is 65.5 Å². The summed E-state index contributed by atoms with van der Waals surface area (Å²) in [5.74, 6) is -1.74. The number of rotatable bonds is 7. The zero-order valence-electron chi connectivity index (χ0n) is 23.8. The van der Waals surface area contributed by atoms with Gasteiger partial charge in [0.05, 0.1) is 18.3 Å². The van der Waals surface area contributed by atoms with Gasteiger partial charge in [0.2, 0.25) is 11.6 Å². The number of hydrogen-bond donors (Lipinski definition) is 1. The van der Waals surface area contributed by atoms with Crippen LogP contribution in [0.15, 0.2) is 72.4 Å². The van der Waals surface area contributed by atoms with Gasteiger partial charge >= 0.3 is 0 Å². The lowest BCUT2D eigenvalue weighted by molar-refractivity contribution is -0.117. The Labute approximate surface area is 229 Å². The number of ketones is 2. The number of fused-ring (bicyclic) bond motifs is 2. The molecule has 4 aromatic rings. The van der Waals surface area contributed by atoms with Gasteiger partial charge < -0.3 is 19.0 Å². The van der Waals surface area contributed by atoms with Crippen molar-refractivity contribution >= 4 is 44.5 Å². The van der Waals surface area contributed by atoms with Crippen LogP contribution in [-0.4, -0.2) is 32.9 Å². The molecule has 0 spiro atoms. The van der Waals surface area contributed by atoms with E-state index in [0.717, 1.165) is 34.6 Å². The molecule has 1 aliphatic carbocycles. The van der Waals surface area contributed by atoms with Gasteiger partial charge in [-0.1, -0.05) is 50.2 Å². The molecule has 1 N–H and O–H groups in total. The van der Waals surface area contributed by atoms with Gasteiger partial charge in [0.1, 0.15) is 0 Å². The number of aliphatic hydroxyl groups excluding tert-OH is 1. The van der Waals surface area contributed by atoms with Crippen molar-refractivity contribution in [1.82, 2.24) is 9.13 Å². The van der Waals surface area contributed by atoms with Crippen LogP contribution in [0.4, 0.5) is 0 Å². The fraction of sp³-hybridized carbons (Fsp3) is 0.333. The molecule has 0 fully saturated rings. The summed E-state index contributed by atoms with van der Waals surface area (Å²) in [7, 11) is 1.40. The summed E-state index contributed by atoms with van der Waals surface area (Å²) >= 11 is 0. The first-order valence-corrected chi connectivity index (χ1v) is 13.5.